The van der Waals surface area contributed by atoms with Gasteiger partial charge in [0.25, 0.3) is 0 Å². The molecule has 0 bridgehead atoms. The molecule has 2 N–H and O–H groups in total. The molecule has 1 fully saturated rings. The fourth-order valence-corrected chi connectivity index (χ4v) is 4.23. The second-order valence-electron chi connectivity index (χ2n) is 8.25. The van der Waals surface area contributed by atoms with E-state index in [1.54, 1.807) is 7.11 Å². The summed E-state index contributed by atoms with van der Waals surface area (Å²) in [6.45, 7) is 1.05. The predicted octanol–water partition coefficient (Wildman–Crippen LogP) is 4.22. The van der Waals surface area contributed by atoms with Gasteiger partial charge in [0.1, 0.15) is 29.3 Å². The van der Waals surface area contributed by atoms with E-state index < -0.39 is 0 Å². The predicted molar refractivity (Wildman–Crippen MR) is 124 cm³/mol. The van der Waals surface area contributed by atoms with Gasteiger partial charge in [0.05, 0.1) is 30.3 Å². The third-order valence-electron chi connectivity index (χ3n) is 6.00. The van der Waals surface area contributed by atoms with E-state index >= 15 is 0 Å². The van der Waals surface area contributed by atoms with Crippen LogP contribution in [0.1, 0.15) is 25.7 Å². The second kappa shape index (κ2) is 9.14. The summed E-state index contributed by atoms with van der Waals surface area (Å²) in [7, 11) is 1.66. The number of benzene rings is 1. The molecule has 7 heteroatoms. The Morgan fingerprint density at radius 1 is 1.06 bits per heavy atom. The molecule has 0 spiro atoms. The van der Waals surface area contributed by atoms with Crippen LogP contribution in [0.4, 0.5) is 0 Å². The first-order chi connectivity index (χ1) is 15.7. The molecule has 0 atom stereocenters. The number of pyridine rings is 2. The summed E-state index contributed by atoms with van der Waals surface area (Å²) in [4.78, 5) is 9.53. The quantitative estimate of drug-likeness (QED) is 0.440. The molecule has 3 aromatic heterocycles. The first-order valence-corrected chi connectivity index (χ1v) is 11.1. The summed E-state index contributed by atoms with van der Waals surface area (Å²) in [6.07, 6.45) is 7.98. The summed E-state index contributed by atoms with van der Waals surface area (Å²) in [5.74, 6) is 1.59. The van der Waals surface area contributed by atoms with Crippen molar-refractivity contribution in [3.8, 4) is 22.9 Å². The highest BCUT2D eigenvalue weighted by Crippen LogP contribution is 2.31. The normalized spacial score (nSPS) is 18.8. The monoisotopic (exact) mass is 432 g/mol. The van der Waals surface area contributed by atoms with Crippen molar-refractivity contribution in [3.63, 3.8) is 0 Å². The van der Waals surface area contributed by atoms with Crippen LogP contribution in [-0.4, -0.2) is 46.8 Å². The zero-order valence-electron chi connectivity index (χ0n) is 18.2. The van der Waals surface area contributed by atoms with Crippen molar-refractivity contribution in [3.05, 3.63) is 54.9 Å². The SMILES string of the molecule is COCCOc1ccn2c(-c3ccc4cccc(OC5CCC(N)CC5)c4n3)cnc2c1. The van der Waals surface area contributed by atoms with Gasteiger partial charge >= 0.3 is 0 Å². The topological polar surface area (TPSA) is 83.9 Å². The summed E-state index contributed by atoms with van der Waals surface area (Å²) in [5.41, 5.74) is 9.49. The number of para-hydroxylation sites is 1. The number of imidazole rings is 1. The van der Waals surface area contributed by atoms with E-state index in [0.29, 0.717) is 19.3 Å². The summed E-state index contributed by atoms with van der Waals surface area (Å²) in [5, 5.41) is 1.06. The van der Waals surface area contributed by atoms with Crippen LogP contribution in [0.15, 0.2) is 54.9 Å². The molecule has 1 saturated carbocycles. The Bertz CT molecular complexity index is 1210. The standard InChI is InChI=1S/C25H28N4O3/c1-30-13-14-31-20-11-12-29-22(16-27-24(29)15-20)21-10-5-17-3-2-4-23(25(17)28-21)32-19-8-6-18(26)7-9-19/h2-5,10-12,15-16,18-19H,6-9,13-14,26H2,1H3. The van der Waals surface area contributed by atoms with Crippen molar-refractivity contribution >= 4 is 16.6 Å². The zero-order chi connectivity index (χ0) is 21.9. The van der Waals surface area contributed by atoms with Gasteiger partial charge in [0, 0.05) is 30.8 Å². The zero-order valence-corrected chi connectivity index (χ0v) is 18.2. The van der Waals surface area contributed by atoms with Gasteiger partial charge in [-0.05, 0) is 43.9 Å². The molecule has 0 radical (unpaired) electrons. The lowest BCUT2D eigenvalue weighted by molar-refractivity contribution is 0.146. The minimum Gasteiger partial charge on any atom is -0.491 e. The Morgan fingerprint density at radius 2 is 1.94 bits per heavy atom. The molecule has 7 nitrogen and oxygen atoms in total. The minimum atomic E-state index is 0.193. The Kier molecular flexibility index (Phi) is 5.92. The first kappa shape index (κ1) is 20.7. The molecular formula is C25H28N4O3. The largest absolute Gasteiger partial charge is 0.491 e. The van der Waals surface area contributed by atoms with E-state index in [-0.39, 0.29) is 6.10 Å². The van der Waals surface area contributed by atoms with Crippen molar-refractivity contribution in [2.24, 2.45) is 5.73 Å². The maximum atomic E-state index is 6.37. The number of aromatic nitrogens is 3. The van der Waals surface area contributed by atoms with Crippen LogP contribution >= 0.6 is 0 Å². The maximum Gasteiger partial charge on any atom is 0.145 e. The second-order valence-corrected chi connectivity index (χ2v) is 8.25. The number of hydrogen-bond acceptors (Lipinski definition) is 6. The number of hydrogen-bond donors (Lipinski definition) is 1. The number of nitrogens with zero attached hydrogens (tertiary/aromatic N) is 3. The van der Waals surface area contributed by atoms with Crippen molar-refractivity contribution in [2.45, 2.75) is 37.8 Å². The van der Waals surface area contributed by atoms with Crippen LogP contribution < -0.4 is 15.2 Å². The van der Waals surface area contributed by atoms with Gasteiger partial charge in [0.2, 0.25) is 0 Å². The number of fused-ring (bicyclic) bond motifs is 2. The fraction of sp³-hybridized carbons (Fsp3) is 0.360. The summed E-state index contributed by atoms with van der Waals surface area (Å²) in [6, 6.07) is 14.3. The molecule has 1 aliphatic carbocycles. The van der Waals surface area contributed by atoms with Crippen molar-refractivity contribution in [2.75, 3.05) is 20.3 Å². The Labute approximate surface area is 187 Å². The third-order valence-corrected chi connectivity index (χ3v) is 6.00. The van der Waals surface area contributed by atoms with Crippen molar-refractivity contribution < 1.29 is 14.2 Å². The van der Waals surface area contributed by atoms with Crippen LogP contribution in [-0.2, 0) is 4.74 Å². The molecule has 1 aromatic carbocycles. The minimum absolute atomic E-state index is 0.193. The number of nitrogens with two attached hydrogens (primary N) is 1. The average molecular weight is 433 g/mol. The number of rotatable bonds is 7. The molecule has 32 heavy (non-hydrogen) atoms. The van der Waals surface area contributed by atoms with E-state index in [1.165, 1.54) is 0 Å². The van der Waals surface area contributed by atoms with Gasteiger partial charge in [0.15, 0.2) is 0 Å². The average Bonchev–Trinajstić information content (AvgIpc) is 3.24. The summed E-state index contributed by atoms with van der Waals surface area (Å²) < 4.78 is 19.1. The molecule has 1 aliphatic rings. The van der Waals surface area contributed by atoms with Gasteiger partial charge in [-0.25, -0.2) is 9.97 Å². The molecule has 3 heterocycles. The highest BCUT2D eigenvalue weighted by atomic mass is 16.5. The lowest BCUT2D eigenvalue weighted by Crippen LogP contribution is -2.31. The Hall–Kier alpha value is -3.16. The van der Waals surface area contributed by atoms with E-state index in [9.17, 15) is 0 Å². The van der Waals surface area contributed by atoms with Gasteiger partial charge in [-0.1, -0.05) is 18.2 Å². The van der Waals surface area contributed by atoms with E-state index in [4.69, 9.17) is 24.9 Å². The van der Waals surface area contributed by atoms with E-state index in [0.717, 1.165) is 65.1 Å². The smallest absolute Gasteiger partial charge is 0.145 e. The molecule has 5 rings (SSSR count). The highest BCUT2D eigenvalue weighted by Gasteiger charge is 2.21. The molecule has 166 valence electrons. The summed E-state index contributed by atoms with van der Waals surface area (Å²) >= 11 is 0. The van der Waals surface area contributed by atoms with E-state index in [2.05, 4.69) is 17.1 Å². The molecule has 0 unspecified atom stereocenters. The van der Waals surface area contributed by atoms with Crippen molar-refractivity contribution in [1.82, 2.24) is 14.4 Å². The maximum absolute atomic E-state index is 6.37. The van der Waals surface area contributed by atoms with Crippen LogP contribution in [0.25, 0.3) is 27.9 Å². The lowest BCUT2D eigenvalue weighted by Gasteiger charge is -2.27. The molecular weight excluding hydrogens is 404 g/mol. The first-order valence-electron chi connectivity index (χ1n) is 11.1. The van der Waals surface area contributed by atoms with Gasteiger partial charge < -0.3 is 19.9 Å². The van der Waals surface area contributed by atoms with Crippen molar-refractivity contribution in [1.29, 1.82) is 0 Å². The van der Waals surface area contributed by atoms with Crippen LogP contribution in [0.2, 0.25) is 0 Å². The number of methoxy groups -OCH3 is 1. The highest BCUT2D eigenvalue weighted by molar-refractivity contribution is 5.86. The molecule has 0 aliphatic heterocycles. The fourth-order valence-electron chi connectivity index (χ4n) is 4.23. The lowest BCUT2D eigenvalue weighted by atomic mass is 9.94. The number of ether oxygens (including phenoxy) is 3. The van der Waals surface area contributed by atoms with Crippen LogP contribution in [0.5, 0.6) is 11.5 Å². The van der Waals surface area contributed by atoms with Crippen LogP contribution in [0.3, 0.4) is 0 Å². The molecule has 0 saturated heterocycles. The van der Waals surface area contributed by atoms with E-state index in [1.807, 2.05) is 47.1 Å². The van der Waals surface area contributed by atoms with Gasteiger partial charge in [-0.2, -0.15) is 0 Å². The van der Waals surface area contributed by atoms with Crippen LogP contribution in [0, 0.1) is 0 Å². The molecule has 0 amide bonds. The van der Waals surface area contributed by atoms with Gasteiger partial charge in [-0.15, -0.1) is 0 Å². The Balaban J connectivity index is 1.44. The third kappa shape index (κ3) is 4.26. The van der Waals surface area contributed by atoms with Gasteiger partial charge in [-0.3, -0.25) is 4.40 Å². The Morgan fingerprint density at radius 3 is 2.78 bits per heavy atom. The molecule has 4 aromatic rings.